The number of amides is 2. The Bertz CT molecular complexity index is 1500. The number of nitrogens with zero attached hydrogens (tertiary/aromatic N) is 3. The van der Waals surface area contributed by atoms with Gasteiger partial charge in [0.1, 0.15) is 11.5 Å². The minimum atomic E-state index is -3.30. The van der Waals surface area contributed by atoms with Crippen LogP contribution in [0, 0.1) is 17.8 Å². The molecule has 3 heterocycles. The van der Waals surface area contributed by atoms with Gasteiger partial charge < -0.3 is 19.6 Å². The Hall–Kier alpha value is -2.21. The molecule has 14 heteroatoms. The van der Waals surface area contributed by atoms with Gasteiger partial charge in [-0.3, -0.25) is 19.3 Å². The van der Waals surface area contributed by atoms with Gasteiger partial charge in [-0.05, 0) is 49.1 Å². The first-order chi connectivity index (χ1) is 20.3. The Morgan fingerprint density at radius 1 is 1.07 bits per heavy atom. The van der Waals surface area contributed by atoms with E-state index in [1.807, 2.05) is 0 Å². The molecule has 2 aromatic carbocycles. The lowest BCUT2D eigenvalue weighted by molar-refractivity contribution is -0.154. The summed E-state index contributed by atoms with van der Waals surface area (Å²) in [5.74, 6) is -9.38. The summed E-state index contributed by atoms with van der Waals surface area (Å²) in [6, 6.07) is 6.05. The molecule has 4 aliphatic rings. The predicted octanol–water partition coefficient (Wildman–Crippen LogP) is 5.97. The summed E-state index contributed by atoms with van der Waals surface area (Å²) < 4.78 is 35.8. The molecule has 0 radical (unpaired) electrons. The molecule has 8 nitrogen and oxygen atoms in total. The number of methoxy groups -OCH3 is 1. The normalized spacial score (nSPS) is 27.6. The van der Waals surface area contributed by atoms with E-state index in [1.165, 1.54) is 52.1 Å². The smallest absolute Gasteiger partial charge is 0.310 e. The van der Waals surface area contributed by atoms with E-state index < -0.39 is 60.1 Å². The van der Waals surface area contributed by atoms with Gasteiger partial charge in [-0.15, -0.1) is 0 Å². The van der Waals surface area contributed by atoms with Crippen LogP contribution in [-0.2, 0) is 24.7 Å². The standard InChI is InChI=1S/C29H27Cl4F2N3O5/c1-43-5-4-36-24-19(9-17(32)10-20(24)33)29(27(36)42)23(26(40)41)22(21-11-28(34,35)13-38(21)29)25(39)37(12-14-2-3-14)18-7-15(30)6-16(31)8-18/h6-10,14,21-23H,2-5,11-13H2,1H3,(H,40,41)/t21-,22+,23-,29+/m1/s1. The van der Waals surface area contributed by atoms with Crippen molar-refractivity contribution in [2.75, 3.05) is 43.2 Å². The zero-order valence-corrected chi connectivity index (χ0v) is 25.9. The number of rotatable bonds is 8. The van der Waals surface area contributed by atoms with E-state index in [0.29, 0.717) is 5.69 Å². The molecule has 0 aromatic heterocycles. The zero-order valence-electron chi connectivity index (χ0n) is 22.8. The number of ether oxygens (including phenoxy) is 1. The van der Waals surface area contributed by atoms with Crippen LogP contribution in [-0.4, -0.2) is 73.1 Å². The molecule has 2 saturated heterocycles. The van der Waals surface area contributed by atoms with Crippen LogP contribution in [0.4, 0.5) is 20.2 Å². The summed E-state index contributed by atoms with van der Waals surface area (Å²) in [6.45, 7) is -0.675. The number of fused-ring (bicyclic) bond motifs is 4. The number of carbonyl (C=O) groups is 3. The van der Waals surface area contributed by atoms with Crippen LogP contribution < -0.4 is 9.80 Å². The van der Waals surface area contributed by atoms with E-state index in [9.17, 15) is 19.5 Å². The Balaban J connectivity index is 1.56. The van der Waals surface area contributed by atoms with Crippen molar-refractivity contribution in [1.82, 2.24) is 4.90 Å². The van der Waals surface area contributed by atoms with Crippen LogP contribution in [0.1, 0.15) is 24.8 Å². The van der Waals surface area contributed by atoms with Gasteiger partial charge in [-0.2, -0.15) is 0 Å². The summed E-state index contributed by atoms with van der Waals surface area (Å²) in [7, 11) is 1.43. The number of carbonyl (C=O) groups excluding carboxylic acids is 2. The van der Waals surface area contributed by atoms with Crippen molar-refractivity contribution < 1.29 is 33.0 Å². The van der Waals surface area contributed by atoms with Crippen molar-refractivity contribution in [3.63, 3.8) is 0 Å². The average molecular weight is 677 g/mol. The summed E-state index contributed by atoms with van der Waals surface area (Å²) in [6.07, 6.45) is 0.886. The SMILES string of the molecule is COCCN1C(=O)[C@]2(c3cc(Cl)cc(Cl)c31)[C@@H](C(=O)O)[C@@H](C(=O)N(CC1CC1)c1cc(Cl)cc(Cl)c1)[C@H]1CC(F)(F)CN12. The molecule has 2 aromatic rings. The number of carboxylic acid groups (broad SMARTS) is 1. The van der Waals surface area contributed by atoms with Crippen LogP contribution in [0.3, 0.4) is 0 Å². The van der Waals surface area contributed by atoms with Gasteiger partial charge >= 0.3 is 5.97 Å². The molecule has 1 N–H and O–H groups in total. The quantitative estimate of drug-likeness (QED) is 0.371. The van der Waals surface area contributed by atoms with Gasteiger partial charge in [-0.1, -0.05) is 46.4 Å². The first-order valence-electron chi connectivity index (χ1n) is 13.8. The first kappa shape index (κ1) is 30.8. The highest BCUT2D eigenvalue weighted by Crippen LogP contribution is 2.62. The summed E-state index contributed by atoms with van der Waals surface area (Å²) in [4.78, 5) is 46.4. The van der Waals surface area contributed by atoms with Crippen molar-refractivity contribution in [3.8, 4) is 0 Å². The van der Waals surface area contributed by atoms with E-state index >= 15 is 8.78 Å². The molecule has 0 bridgehead atoms. The highest BCUT2D eigenvalue weighted by Gasteiger charge is 2.75. The number of alkyl halides is 2. The van der Waals surface area contributed by atoms with E-state index in [1.54, 1.807) is 0 Å². The average Bonchev–Trinajstić information content (AvgIpc) is 3.56. The third kappa shape index (κ3) is 4.98. The molecular formula is C29H27Cl4F2N3O5. The van der Waals surface area contributed by atoms with Crippen molar-refractivity contribution >= 4 is 75.6 Å². The van der Waals surface area contributed by atoms with Gasteiger partial charge in [0.2, 0.25) is 5.91 Å². The Morgan fingerprint density at radius 3 is 2.33 bits per heavy atom. The maximum Gasteiger partial charge on any atom is 0.310 e. The van der Waals surface area contributed by atoms with Gasteiger partial charge in [-0.25, -0.2) is 8.78 Å². The maximum absolute atomic E-state index is 15.3. The largest absolute Gasteiger partial charge is 0.481 e. The van der Waals surface area contributed by atoms with Crippen molar-refractivity contribution in [3.05, 3.63) is 56.0 Å². The van der Waals surface area contributed by atoms with Gasteiger partial charge in [0.05, 0.1) is 29.8 Å². The molecule has 1 aliphatic carbocycles. The van der Waals surface area contributed by atoms with Crippen LogP contribution in [0.15, 0.2) is 30.3 Å². The summed E-state index contributed by atoms with van der Waals surface area (Å²) >= 11 is 25.5. The molecule has 1 saturated carbocycles. The molecule has 6 rings (SSSR count). The van der Waals surface area contributed by atoms with E-state index in [2.05, 4.69) is 0 Å². The second-order valence-corrected chi connectivity index (χ2v) is 13.3. The number of aliphatic carboxylic acids is 1. The number of hydrogen-bond acceptors (Lipinski definition) is 5. The summed E-state index contributed by atoms with van der Waals surface area (Å²) in [5.41, 5.74) is -1.61. The Labute approximate surface area is 266 Å². The van der Waals surface area contributed by atoms with Crippen LogP contribution in [0.2, 0.25) is 20.1 Å². The lowest BCUT2D eigenvalue weighted by Crippen LogP contribution is -2.56. The monoisotopic (exact) mass is 675 g/mol. The van der Waals surface area contributed by atoms with E-state index in [4.69, 9.17) is 51.1 Å². The Morgan fingerprint density at radius 2 is 1.72 bits per heavy atom. The number of carboxylic acids is 1. The highest BCUT2D eigenvalue weighted by molar-refractivity contribution is 6.38. The summed E-state index contributed by atoms with van der Waals surface area (Å²) in [5, 5.41) is 11.5. The molecule has 3 fully saturated rings. The third-order valence-electron chi connectivity index (χ3n) is 8.90. The minimum absolute atomic E-state index is 0.0277. The second kappa shape index (κ2) is 11.0. The third-order valence-corrected chi connectivity index (χ3v) is 9.84. The molecular weight excluding hydrogens is 650 g/mol. The van der Waals surface area contributed by atoms with Crippen LogP contribution >= 0.6 is 46.4 Å². The number of anilines is 2. The molecule has 4 atom stereocenters. The highest BCUT2D eigenvalue weighted by atomic mass is 35.5. The Kier molecular flexibility index (Phi) is 7.88. The number of hydrogen-bond donors (Lipinski definition) is 1. The molecule has 2 amide bonds. The number of halogens is 6. The molecule has 230 valence electrons. The van der Waals surface area contributed by atoms with Crippen molar-refractivity contribution in [2.45, 2.75) is 36.8 Å². The van der Waals surface area contributed by atoms with Crippen LogP contribution in [0.25, 0.3) is 0 Å². The topological polar surface area (TPSA) is 90.4 Å². The predicted molar refractivity (Wildman–Crippen MR) is 159 cm³/mol. The minimum Gasteiger partial charge on any atom is -0.481 e. The van der Waals surface area contributed by atoms with Gasteiger partial charge in [0.25, 0.3) is 11.8 Å². The lowest BCUT2D eigenvalue weighted by atomic mass is 9.73. The van der Waals surface area contributed by atoms with Crippen molar-refractivity contribution in [1.29, 1.82) is 0 Å². The first-order valence-corrected chi connectivity index (χ1v) is 15.3. The van der Waals surface area contributed by atoms with Crippen molar-refractivity contribution in [2.24, 2.45) is 17.8 Å². The molecule has 3 aliphatic heterocycles. The molecule has 0 unspecified atom stereocenters. The fourth-order valence-corrected chi connectivity index (χ4v) is 8.25. The maximum atomic E-state index is 15.3. The molecule has 43 heavy (non-hydrogen) atoms. The fourth-order valence-electron chi connectivity index (χ4n) is 7.14. The fraction of sp³-hybridized carbons (Fsp3) is 0.483. The zero-order chi connectivity index (χ0) is 31.0. The van der Waals surface area contributed by atoms with Crippen LogP contribution in [0.5, 0.6) is 0 Å². The van der Waals surface area contributed by atoms with E-state index in [0.717, 1.165) is 12.8 Å². The second-order valence-electron chi connectivity index (χ2n) is 11.6. The lowest BCUT2D eigenvalue weighted by Gasteiger charge is -2.37. The van der Waals surface area contributed by atoms with Gasteiger partial charge in [0, 0.05) is 59.0 Å². The van der Waals surface area contributed by atoms with Gasteiger partial charge in [0.15, 0.2) is 0 Å². The van der Waals surface area contributed by atoms with E-state index in [-0.39, 0.29) is 57.0 Å². The number of benzene rings is 2. The molecule has 1 spiro atoms.